The highest BCUT2D eigenvalue weighted by Gasteiger charge is 2.08. The summed E-state index contributed by atoms with van der Waals surface area (Å²) in [4.78, 5) is 6.23. The summed E-state index contributed by atoms with van der Waals surface area (Å²) < 4.78 is 5.45. The molecule has 0 atom stereocenters. The molecule has 0 unspecified atom stereocenters. The first-order chi connectivity index (χ1) is 10.2. The van der Waals surface area contributed by atoms with Gasteiger partial charge in [-0.3, -0.25) is 0 Å². The highest BCUT2D eigenvalue weighted by molar-refractivity contribution is 5.53. The number of nitriles is 1. The van der Waals surface area contributed by atoms with Crippen molar-refractivity contribution in [1.82, 2.24) is 4.98 Å². The van der Waals surface area contributed by atoms with Gasteiger partial charge in [0.25, 0.3) is 0 Å². The van der Waals surface area contributed by atoms with Gasteiger partial charge in [-0.05, 0) is 29.8 Å². The molecule has 4 nitrogen and oxygen atoms in total. The Bertz CT molecular complexity index is 644. The van der Waals surface area contributed by atoms with Crippen molar-refractivity contribution in [3.05, 3.63) is 66.4 Å². The van der Waals surface area contributed by atoms with E-state index in [0.717, 1.165) is 11.3 Å². The minimum atomic E-state index is 0.499. The summed E-state index contributed by atoms with van der Waals surface area (Å²) >= 11 is 0. The third-order valence-electron chi connectivity index (χ3n) is 2.98. The molecule has 4 heteroatoms. The first-order valence-electron chi connectivity index (χ1n) is 6.63. The zero-order chi connectivity index (χ0) is 15.1. The van der Waals surface area contributed by atoms with Gasteiger partial charge in [0.15, 0.2) is 0 Å². The summed E-state index contributed by atoms with van der Waals surface area (Å²) in [5.74, 6) is 1.50. The van der Waals surface area contributed by atoms with Gasteiger partial charge >= 0.3 is 0 Å². The Labute approximate surface area is 124 Å². The molecule has 0 spiro atoms. The summed E-state index contributed by atoms with van der Waals surface area (Å²) in [6.45, 7) is 4.79. The van der Waals surface area contributed by atoms with E-state index in [1.54, 1.807) is 24.4 Å². The third kappa shape index (κ3) is 3.83. The van der Waals surface area contributed by atoms with E-state index in [4.69, 9.17) is 10.00 Å². The number of hydrogen-bond donors (Lipinski definition) is 0. The molecule has 21 heavy (non-hydrogen) atoms. The number of benzene rings is 1. The maximum Gasteiger partial charge on any atom is 0.146 e. The second-order valence-electron chi connectivity index (χ2n) is 4.59. The highest BCUT2D eigenvalue weighted by Crippen LogP contribution is 2.18. The Balaban J connectivity index is 2.07. The highest BCUT2D eigenvalue weighted by atomic mass is 16.5. The molecule has 0 aliphatic rings. The lowest BCUT2D eigenvalue weighted by molar-refractivity contribution is 0.363. The van der Waals surface area contributed by atoms with E-state index in [1.807, 2.05) is 36.2 Å². The van der Waals surface area contributed by atoms with E-state index in [-0.39, 0.29) is 0 Å². The average molecular weight is 279 g/mol. The molecule has 106 valence electrons. The molecule has 2 rings (SSSR count). The average Bonchev–Trinajstić information content (AvgIpc) is 2.54. The number of aromatic nitrogens is 1. The summed E-state index contributed by atoms with van der Waals surface area (Å²) in [6, 6.07) is 13.6. The quantitative estimate of drug-likeness (QED) is 0.762. The Kier molecular flexibility index (Phi) is 4.94. The van der Waals surface area contributed by atoms with Gasteiger partial charge < -0.3 is 9.64 Å². The molecule has 0 aliphatic heterocycles. The number of anilines is 1. The lowest BCUT2D eigenvalue weighted by Crippen LogP contribution is -2.18. The van der Waals surface area contributed by atoms with Crippen LogP contribution in [0.25, 0.3) is 0 Å². The first-order valence-corrected chi connectivity index (χ1v) is 6.63. The molecule has 0 aliphatic carbocycles. The van der Waals surface area contributed by atoms with E-state index in [1.165, 1.54) is 0 Å². The molecular formula is C17H17N3O. The maximum absolute atomic E-state index is 9.11. The van der Waals surface area contributed by atoms with Crippen molar-refractivity contribution in [2.24, 2.45) is 0 Å². The smallest absolute Gasteiger partial charge is 0.146 e. The van der Waals surface area contributed by atoms with Crippen LogP contribution in [-0.4, -0.2) is 18.6 Å². The predicted molar refractivity (Wildman–Crippen MR) is 83.2 cm³/mol. The van der Waals surface area contributed by atoms with Crippen LogP contribution in [0.1, 0.15) is 11.1 Å². The molecule has 0 amide bonds. The molecule has 1 aromatic carbocycles. The Hall–Kier alpha value is -2.80. The van der Waals surface area contributed by atoms with Crippen LogP contribution in [0.15, 0.2) is 55.3 Å². The molecule has 2 aromatic rings. The van der Waals surface area contributed by atoms with E-state index in [0.29, 0.717) is 24.5 Å². The minimum absolute atomic E-state index is 0.499. The predicted octanol–water partition coefficient (Wildman–Crippen LogP) is 3.15. The Morgan fingerprint density at radius 1 is 1.33 bits per heavy atom. The van der Waals surface area contributed by atoms with Gasteiger partial charge in [-0.25, -0.2) is 4.98 Å². The van der Waals surface area contributed by atoms with Crippen LogP contribution in [0.4, 0.5) is 5.82 Å². The number of rotatable bonds is 6. The number of ether oxygens (including phenoxy) is 1. The summed E-state index contributed by atoms with van der Waals surface area (Å²) in [6.07, 6.45) is 3.41. The number of pyridine rings is 1. The van der Waals surface area contributed by atoms with Crippen LogP contribution in [0.5, 0.6) is 5.75 Å². The van der Waals surface area contributed by atoms with Crippen molar-refractivity contribution in [3.63, 3.8) is 0 Å². The van der Waals surface area contributed by atoms with Gasteiger partial charge in [0.1, 0.15) is 24.2 Å². The molecule has 0 radical (unpaired) electrons. The van der Waals surface area contributed by atoms with Crippen LogP contribution in [0, 0.1) is 11.3 Å². The lowest BCUT2D eigenvalue weighted by atomic mass is 10.2. The number of hydrogen-bond acceptors (Lipinski definition) is 4. The van der Waals surface area contributed by atoms with Gasteiger partial charge in [0, 0.05) is 19.8 Å². The lowest BCUT2D eigenvalue weighted by Gasteiger charge is -2.19. The number of nitrogens with zero attached hydrogens (tertiary/aromatic N) is 3. The molecule has 0 N–H and O–H groups in total. The van der Waals surface area contributed by atoms with Crippen LogP contribution in [0.2, 0.25) is 0 Å². The second-order valence-corrected chi connectivity index (χ2v) is 4.59. The normalized spacial score (nSPS) is 9.71. The third-order valence-corrected chi connectivity index (χ3v) is 2.98. The minimum Gasteiger partial charge on any atom is -0.490 e. The molecule has 0 saturated heterocycles. The summed E-state index contributed by atoms with van der Waals surface area (Å²) in [7, 11) is 1.92. The fourth-order valence-corrected chi connectivity index (χ4v) is 1.98. The van der Waals surface area contributed by atoms with E-state index >= 15 is 0 Å². The molecule has 0 fully saturated rings. The summed E-state index contributed by atoms with van der Waals surface area (Å²) in [5.41, 5.74) is 1.70. The van der Waals surface area contributed by atoms with E-state index < -0.39 is 0 Å². The topological polar surface area (TPSA) is 49.1 Å². The summed E-state index contributed by atoms with van der Waals surface area (Å²) in [5, 5.41) is 9.11. The van der Waals surface area contributed by atoms with Crippen molar-refractivity contribution in [2.45, 2.75) is 6.54 Å². The zero-order valence-corrected chi connectivity index (χ0v) is 12.0. The van der Waals surface area contributed by atoms with E-state index in [2.05, 4.69) is 17.6 Å². The standard InChI is InChI=1S/C17H17N3O/c1-3-11-21-16-8-6-14(7-9-16)13-20(2)17-15(12-18)5-4-10-19-17/h3-10H,1,11,13H2,2H3. The molecule has 1 aromatic heterocycles. The van der Waals surface area contributed by atoms with Crippen molar-refractivity contribution in [3.8, 4) is 11.8 Å². The van der Waals surface area contributed by atoms with Crippen molar-refractivity contribution in [2.75, 3.05) is 18.6 Å². The molecule has 1 heterocycles. The van der Waals surface area contributed by atoms with Gasteiger partial charge in [0.2, 0.25) is 0 Å². The van der Waals surface area contributed by atoms with Crippen molar-refractivity contribution < 1.29 is 4.74 Å². The van der Waals surface area contributed by atoms with Crippen LogP contribution >= 0.6 is 0 Å². The second kappa shape index (κ2) is 7.11. The van der Waals surface area contributed by atoms with Gasteiger partial charge in [-0.2, -0.15) is 5.26 Å². The Morgan fingerprint density at radius 3 is 2.76 bits per heavy atom. The SMILES string of the molecule is C=CCOc1ccc(CN(C)c2ncccc2C#N)cc1. The first kappa shape index (κ1) is 14.6. The zero-order valence-electron chi connectivity index (χ0n) is 12.0. The molecular weight excluding hydrogens is 262 g/mol. The van der Waals surface area contributed by atoms with Crippen LogP contribution in [-0.2, 0) is 6.54 Å². The van der Waals surface area contributed by atoms with Gasteiger partial charge in [-0.15, -0.1) is 0 Å². The van der Waals surface area contributed by atoms with Crippen molar-refractivity contribution >= 4 is 5.82 Å². The largest absolute Gasteiger partial charge is 0.490 e. The van der Waals surface area contributed by atoms with Gasteiger partial charge in [-0.1, -0.05) is 24.8 Å². The van der Waals surface area contributed by atoms with Crippen molar-refractivity contribution in [1.29, 1.82) is 5.26 Å². The monoisotopic (exact) mass is 279 g/mol. The van der Waals surface area contributed by atoms with Crippen LogP contribution < -0.4 is 9.64 Å². The maximum atomic E-state index is 9.11. The van der Waals surface area contributed by atoms with E-state index in [9.17, 15) is 0 Å². The molecule has 0 saturated carbocycles. The fourth-order valence-electron chi connectivity index (χ4n) is 1.98. The molecule has 0 bridgehead atoms. The Morgan fingerprint density at radius 2 is 2.10 bits per heavy atom. The van der Waals surface area contributed by atoms with Gasteiger partial charge in [0.05, 0.1) is 5.56 Å². The van der Waals surface area contributed by atoms with Crippen LogP contribution in [0.3, 0.4) is 0 Å². The fraction of sp³-hybridized carbons (Fsp3) is 0.176.